The molecular weight excluding hydrogens is 250 g/mol. The van der Waals surface area contributed by atoms with Crippen molar-refractivity contribution >= 4 is 5.69 Å². The monoisotopic (exact) mass is 271 g/mol. The van der Waals surface area contributed by atoms with Crippen molar-refractivity contribution < 1.29 is 9.84 Å². The summed E-state index contributed by atoms with van der Waals surface area (Å²) in [5.74, 6) is 1.05. The Balaban J connectivity index is 2.25. The zero-order valence-corrected chi connectivity index (χ0v) is 12.5. The number of phenolic OH excluding ortho intramolecular Hbond substituents is 1. The molecule has 2 aromatic rings. The van der Waals surface area contributed by atoms with Crippen LogP contribution in [-0.2, 0) is 6.54 Å². The lowest BCUT2D eigenvalue weighted by Gasteiger charge is -2.22. The van der Waals surface area contributed by atoms with Gasteiger partial charge in [0.25, 0.3) is 0 Å². The minimum atomic E-state index is 0.294. The van der Waals surface area contributed by atoms with Crippen molar-refractivity contribution in [3.63, 3.8) is 0 Å². The summed E-state index contributed by atoms with van der Waals surface area (Å²) in [7, 11) is 3.65. The van der Waals surface area contributed by atoms with Crippen molar-refractivity contribution in [1.82, 2.24) is 0 Å². The number of ether oxygens (including phenoxy) is 1. The molecular formula is C17H21NO2. The van der Waals surface area contributed by atoms with Crippen LogP contribution in [0.15, 0.2) is 36.4 Å². The van der Waals surface area contributed by atoms with Crippen molar-refractivity contribution in [2.24, 2.45) is 0 Å². The van der Waals surface area contributed by atoms with Crippen LogP contribution >= 0.6 is 0 Å². The molecule has 0 fully saturated rings. The number of aryl methyl sites for hydroxylation is 2. The minimum Gasteiger partial charge on any atom is -0.508 e. The van der Waals surface area contributed by atoms with E-state index in [4.69, 9.17) is 4.74 Å². The Hall–Kier alpha value is -2.16. The Labute approximate surface area is 120 Å². The Bertz CT molecular complexity index is 608. The van der Waals surface area contributed by atoms with Gasteiger partial charge in [0.1, 0.15) is 11.5 Å². The van der Waals surface area contributed by atoms with Crippen LogP contribution in [0.1, 0.15) is 16.7 Å². The molecule has 0 atom stereocenters. The van der Waals surface area contributed by atoms with E-state index in [0.29, 0.717) is 12.3 Å². The van der Waals surface area contributed by atoms with Crippen LogP contribution in [0.25, 0.3) is 0 Å². The topological polar surface area (TPSA) is 32.7 Å². The first-order chi connectivity index (χ1) is 9.51. The highest BCUT2D eigenvalue weighted by Gasteiger charge is 2.09. The van der Waals surface area contributed by atoms with Crippen molar-refractivity contribution in [3.8, 4) is 11.5 Å². The fourth-order valence-corrected chi connectivity index (χ4v) is 2.39. The molecule has 0 aliphatic rings. The van der Waals surface area contributed by atoms with Gasteiger partial charge in [-0.25, -0.2) is 0 Å². The summed E-state index contributed by atoms with van der Waals surface area (Å²) in [5, 5.41) is 9.96. The van der Waals surface area contributed by atoms with E-state index in [9.17, 15) is 5.11 Å². The molecule has 3 heteroatoms. The van der Waals surface area contributed by atoms with Crippen LogP contribution in [0.3, 0.4) is 0 Å². The average molecular weight is 271 g/mol. The van der Waals surface area contributed by atoms with Crippen LogP contribution in [0, 0.1) is 13.8 Å². The van der Waals surface area contributed by atoms with Gasteiger partial charge in [0.2, 0.25) is 0 Å². The molecule has 0 unspecified atom stereocenters. The smallest absolute Gasteiger partial charge is 0.120 e. The van der Waals surface area contributed by atoms with Crippen LogP contribution in [0.4, 0.5) is 5.69 Å². The van der Waals surface area contributed by atoms with E-state index in [1.807, 2.05) is 13.1 Å². The second-order valence-electron chi connectivity index (χ2n) is 5.14. The third kappa shape index (κ3) is 3.05. The summed E-state index contributed by atoms with van der Waals surface area (Å²) >= 11 is 0. The van der Waals surface area contributed by atoms with Gasteiger partial charge < -0.3 is 14.7 Å². The number of aromatic hydroxyl groups is 1. The van der Waals surface area contributed by atoms with Gasteiger partial charge in [-0.3, -0.25) is 0 Å². The van der Waals surface area contributed by atoms with Crippen molar-refractivity contribution in [2.45, 2.75) is 20.4 Å². The molecule has 0 bridgehead atoms. The summed E-state index contributed by atoms with van der Waals surface area (Å²) in [6, 6.07) is 11.7. The highest BCUT2D eigenvalue weighted by atomic mass is 16.5. The first kappa shape index (κ1) is 14.3. The van der Waals surface area contributed by atoms with Crippen molar-refractivity contribution in [3.05, 3.63) is 53.1 Å². The molecule has 2 rings (SSSR count). The Morgan fingerprint density at radius 2 is 1.85 bits per heavy atom. The van der Waals surface area contributed by atoms with E-state index in [1.165, 1.54) is 11.1 Å². The van der Waals surface area contributed by atoms with Gasteiger partial charge in [-0.1, -0.05) is 17.7 Å². The fraction of sp³-hybridized carbons (Fsp3) is 0.294. The zero-order chi connectivity index (χ0) is 14.7. The van der Waals surface area contributed by atoms with Crippen LogP contribution < -0.4 is 9.64 Å². The molecule has 0 saturated heterocycles. The SMILES string of the molecule is COc1ccc(O)c(CN(C)c2ccc(C)cc2C)c1. The molecule has 0 radical (unpaired) electrons. The predicted octanol–water partition coefficient (Wildman–Crippen LogP) is 3.65. The quantitative estimate of drug-likeness (QED) is 0.921. The summed E-state index contributed by atoms with van der Waals surface area (Å²) in [6.45, 7) is 4.82. The second-order valence-corrected chi connectivity index (χ2v) is 5.14. The number of anilines is 1. The zero-order valence-electron chi connectivity index (χ0n) is 12.5. The molecule has 2 aromatic carbocycles. The van der Waals surface area contributed by atoms with E-state index in [1.54, 1.807) is 19.2 Å². The molecule has 3 nitrogen and oxygen atoms in total. The predicted molar refractivity (Wildman–Crippen MR) is 82.7 cm³/mol. The van der Waals surface area contributed by atoms with Crippen molar-refractivity contribution in [1.29, 1.82) is 0 Å². The van der Waals surface area contributed by atoms with Gasteiger partial charge in [-0.05, 0) is 43.7 Å². The van der Waals surface area contributed by atoms with Crippen LogP contribution in [0.5, 0.6) is 11.5 Å². The lowest BCUT2D eigenvalue weighted by Crippen LogP contribution is -2.17. The normalized spacial score (nSPS) is 10.4. The van der Waals surface area contributed by atoms with E-state index < -0.39 is 0 Å². The Kier molecular flexibility index (Phi) is 4.18. The molecule has 0 aromatic heterocycles. The maximum Gasteiger partial charge on any atom is 0.120 e. The van der Waals surface area contributed by atoms with Crippen molar-refractivity contribution in [2.75, 3.05) is 19.1 Å². The third-order valence-corrected chi connectivity index (χ3v) is 3.46. The number of rotatable bonds is 4. The largest absolute Gasteiger partial charge is 0.508 e. The second kappa shape index (κ2) is 5.87. The highest BCUT2D eigenvalue weighted by molar-refractivity contribution is 5.55. The van der Waals surface area contributed by atoms with E-state index >= 15 is 0 Å². The number of hydrogen-bond donors (Lipinski definition) is 1. The van der Waals surface area contributed by atoms with Gasteiger partial charge in [0.05, 0.1) is 7.11 Å². The molecule has 0 saturated carbocycles. The van der Waals surface area contributed by atoms with Gasteiger partial charge >= 0.3 is 0 Å². The van der Waals surface area contributed by atoms with Gasteiger partial charge in [0.15, 0.2) is 0 Å². The first-order valence-corrected chi connectivity index (χ1v) is 6.65. The van der Waals surface area contributed by atoms with Crippen LogP contribution in [0.2, 0.25) is 0 Å². The molecule has 0 aliphatic carbocycles. The fourth-order valence-electron chi connectivity index (χ4n) is 2.39. The molecule has 106 valence electrons. The lowest BCUT2D eigenvalue weighted by atomic mass is 10.1. The molecule has 0 heterocycles. The Morgan fingerprint density at radius 3 is 2.50 bits per heavy atom. The van der Waals surface area contributed by atoms with E-state index in [2.05, 4.69) is 36.9 Å². The number of phenols is 1. The summed E-state index contributed by atoms with van der Waals surface area (Å²) < 4.78 is 5.21. The standard InChI is InChI=1S/C17H21NO2/c1-12-5-7-16(13(2)9-12)18(3)11-14-10-15(20-4)6-8-17(14)19/h5-10,19H,11H2,1-4H3. The number of nitrogens with zero attached hydrogens (tertiary/aromatic N) is 1. The maximum absolute atomic E-state index is 9.96. The number of hydrogen-bond acceptors (Lipinski definition) is 3. The Morgan fingerprint density at radius 1 is 1.10 bits per heavy atom. The molecule has 1 N–H and O–H groups in total. The summed E-state index contributed by atoms with van der Waals surface area (Å²) in [5.41, 5.74) is 4.50. The lowest BCUT2D eigenvalue weighted by molar-refractivity contribution is 0.410. The number of benzene rings is 2. The van der Waals surface area contributed by atoms with E-state index in [0.717, 1.165) is 17.0 Å². The third-order valence-electron chi connectivity index (χ3n) is 3.46. The van der Waals surface area contributed by atoms with Gasteiger partial charge in [-0.15, -0.1) is 0 Å². The average Bonchev–Trinajstić information content (AvgIpc) is 2.41. The molecule has 0 aliphatic heterocycles. The van der Waals surface area contributed by atoms with E-state index in [-0.39, 0.29) is 0 Å². The number of methoxy groups -OCH3 is 1. The minimum absolute atomic E-state index is 0.294. The summed E-state index contributed by atoms with van der Waals surface area (Å²) in [4.78, 5) is 2.13. The first-order valence-electron chi connectivity index (χ1n) is 6.65. The van der Waals surface area contributed by atoms with Gasteiger partial charge in [-0.2, -0.15) is 0 Å². The maximum atomic E-state index is 9.96. The molecule has 0 spiro atoms. The summed E-state index contributed by atoms with van der Waals surface area (Å²) in [6.07, 6.45) is 0. The highest BCUT2D eigenvalue weighted by Crippen LogP contribution is 2.27. The molecule has 0 amide bonds. The van der Waals surface area contributed by atoms with Crippen LogP contribution in [-0.4, -0.2) is 19.3 Å². The van der Waals surface area contributed by atoms with Gasteiger partial charge in [0, 0.05) is 24.8 Å². The molecule has 20 heavy (non-hydrogen) atoms.